The molecule has 144 valence electrons. The zero-order valence-corrected chi connectivity index (χ0v) is 16.4. The third-order valence-corrected chi connectivity index (χ3v) is 5.17. The van der Waals surface area contributed by atoms with Crippen molar-refractivity contribution in [2.75, 3.05) is 18.5 Å². The summed E-state index contributed by atoms with van der Waals surface area (Å²) in [6.07, 6.45) is 3.31. The number of carbonyl (C=O) groups is 1. The molecule has 0 aliphatic heterocycles. The molecular weight excluding hydrogens is 364 g/mol. The van der Waals surface area contributed by atoms with Crippen molar-refractivity contribution in [2.45, 2.75) is 55.1 Å². The minimum absolute atomic E-state index is 0.241. The van der Waals surface area contributed by atoms with Crippen LogP contribution in [0.1, 0.15) is 39.5 Å². The maximum atomic E-state index is 12.6. The number of nitrogens with zero attached hydrogens (tertiary/aromatic N) is 3. The highest BCUT2D eigenvalue weighted by atomic mass is 32.2. The van der Waals surface area contributed by atoms with Crippen LogP contribution in [0.15, 0.2) is 40.4 Å². The quantitative estimate of drug-likeness (QED) is 0.685. The number of anilines is 1. The molecule has 0 unspecified atom stereocenters. The Bertz CT molecular complexity index is 767. The molecule has 1 aliphatic carbocycles. The van der Waals surface area contributed by atoms with Gasteiger partial charge in [0.2, 0.25) is 11.1 Å². The van der Waals surface area contributed by atoms with Crippen molar-refractivity contribution in [1.29, 1.82) is 0 Å². The molecule has 3 rings (SSSR count). The SMILES string of the molecule is CCOC(=O)C1(Nc2nc(OCC)nc(Sc3ccccc3)n2)CCCC1. The summed E-state index contributed by atoms with van der Waals surface area (Å²) in [6.45, 7) is 4.48. The van der Waals surface area contributed by atoms with Gasteiger partial charge in [-0.25, -0.2) is 4.79 Å². The number of carbonyl (C=O) groups excluding carboxylic acids is 1. The fourth-order valence-electron chi connectivity index (χ4n) is 3.07. The molecule has 8 heteroatoms. The van der Waals surface area contributed by atoms with E-state index in [0.29, 0.717) is 37.2 Å². The highest BCUT2D eigenvalue weighted by molar-refractivity contribution is 7.99. The smallest absolute Gasteiger partial charge is 0.331 e. The highest BCUT2D eigenvalue weighted by Gasteiger charge is 2.43. The Hall–Kier alpha value is -2.35. The number of rotatable bonds is 8. The van der Waals surface area contributed by atoms with E-state index in [2.05, 4.69) is 20.3 Å². The molecule has 1 fully saturated rings. The van der Waals surface area contributed by atoms with Gasteiger partial charge in [-0.3, -0.25) is 0 Å². The van der Waals surface area contributed by atoms with Crippen molar-refractivity contribution in [3.63, 3.8) is 0 Å². The summed E-state index contributed by atoms with van der Waals surface area (Å²) in [5.41, 5.74) is -0.782. The lowest BCUT2D eigenvalue weighted by atomic mass is 9.98. The molecule has 1 aromatic carbocycles. The van der Waals surface area contributed by atoms with E-state index in [9.17, 15) is 4.79 Å². The van der Waals surface area contributed by atoms with Crippen molar-refractivity contribution in [3.8, 4) is 6.01 Å². The Labute approximate surface area is 163 Å². The van der Waals surface area contributed by atoms with Crippen LogP contribution in [-0.2, 0) is 9.53 Å². The molecule has 0 spiro atoms. The second-order valence-corrected chi connectivity index (χ2v) is 7.25. The lowest BCUT2D eigenvalue weighted by Gasteiger charge is -2.27. The van der Waals surface area contributed by atoms with Gasteiger partial charge in [0.1, 0.15) is 5.54 Å². The molecule has 2 aromatic rings. The van der Waals surface area contributed by atoms with Gasteiger partial charge in [0.15, 0.2) is 0 Å². The summed E-state index contributed by atoms with van der Waals surface area (Å²) < 4.78 is 10.8. The van der Waals surface area contributed by atoms with Gasteiger partial charge in [-0.05, 0) is 50.6 Å². The highest BCUT2D eigenvalue weighted by Crippen LogP contribution is 2.34. The lowest BCUT2D eigenvalue weighted by molar-refractivity contribution is -0.148. The fraction of sp³-hybridized carbons (Fsp3) is 0.474. The van der Waals surface area contributed by atoms with Gasteiger partial charge in [-0.15, -0.1) is 0 Å². The van der Waals surface area contributed by atoms with Crippen LogP contribution < -0.4 is 10.1 Å². The summed E-state index contributed by atoms with van der Waals surface area (Å²) >= 11 is 1.42. The minimum atomic E-state index is -0.782. The minimum Gasteiger partial charge on any atom is -0.464 e. The van der Waals surface area contributed by atoms with E-state index in [-0.39, 0.29) is 12.0 Å². The average molecular weight is 388 g/mol. The van der Waals surface area contributed by atoms with E-state index in [1.807, 2.05) is 44.2 Å². The Kier molecular flexibility index (Phi) is 6.49. The number of benzene rings is 1. The first-order chi connectivity index (χ1) is 13.1. The van der Waals surface area contributed by atoms with Crippen LogP contribution in [0, 0.1) is 0 Å². The summed E-state index contributed by atoms with van der Waals surface area (Å²) in [6, 6.07) is 10.1. The van der Waals surface area contributed by atoms with Gasteiger partial charge in [0.05, 0.1) is 13.2 Å². The van der Waals surface area contributed by atoms with E-state index in [1.165, 1.54) is 11.8 Å². The fourth-order valence-corrected chi connectivity index (χ4v) is 3.83. The first-order valence-corrected chi connectivity index (χ1v) is 10.0. The normalized spacial score (nSPS) is 15.3. The lowest BCUT2D eigenvalue weighted by Crippen LogP contribution is -2.45. The van der Waals surface area contributed by atoms with E-state index in [1.54, 1.807) is 0 Å². The van der Waals surface area contributed by atoms with Gasteiger partial charge in [0.25, 0.3) is 0 Å². The zero-order valence-electron chi connectivity index (χ0n) is 15.6. The maximum Gasteiger partial charge on any atom is 0.331 e. The molecule has 27 heavy (non-hydrogen) atoms. The van der Waals surface area contributed by atoms with Crippen molar-refractivity contribution in [3.05, 3.63) is 30.3 Å². The molecule has 0 atom stereocenters. The van der Waals surface area contributed by atoms with Crippen LogP contribution in [0.5, 0.6) is 6.01 Å². The second-order valence-electron chi connectivity index (χ2n) is 6.21. The molecule has 1 aliphatic rings. The molecule has 0 amide bonds. The van der Waals surface area contributed by atoms with Crippen LogP contribution in [0.3, 0.4) is 0 Å². The monoisotopic (exact) mass is 388 g/mol. The van der Waals surface area contributed by atoms with Gasteiger partial charge >= 0.3 is 12.0 Å². The largest absolute Gasteiger partial charge is 0.464 e. The standard InChI is InChI=1S/C19H24N4O3S/c1-3-25-15(24)19(12-8-9-13-19)23-16-20-17(26-4-2)22-18(21-16)27-14-10-6-5-7-11-14/h5-7,10-11H,3-4,8-9,12-13H2,1-2H3,(H,20,21,22,23). The first kappa shape index (κ1) is 19.4. The molecule has 0 saturated heterocycles. The number of hydrogen-bond donors (Lipinski definition) is 1. The molecule has 7 nitrogen and oxygen atoms in total. The summed E-state index contributed by atoms with van der Waals surface area (Å²) in [4.78, 5) is 26.8. The summed E-state index contributed by atoms with van der Waals surface area (Å²) in [5, 5.41) is 3.75. The zero-order chi connectivity index (χ0) is 19.1. The summed E-state index contributed by atoms with van der Waals surface area (Å²) in [7, 11) is 0. The van der Waals surface area contributed by atoms with Gasteiger partial charge in [-0.1, -0.05) is 31.0 Å². The summed E-state index contributed by atoms with van der Waals surface area (Å²) in [5.74, 6) is 0.0833. The van der Waals surface area contributed by atoms with Crippen molar-refractivity contribution in [2.24, 2.45) is 0 Å². The maximum absolute atomic E-state index is 12.6. The van der Waals surface area contributed by atoms with Crippen molar-refractivity contribution < 1.29 is 14.3 Å². The van der Waals surface area contributed by atoms with E-state index >= 15 is 0 Å². The van der Waals surface area contributed by atoms with E-state index in [0.717, 1.165) is 17.7 Å². The van der Waals surface area contributed by atoms with Crippen LogP contribution >= 0.6 is 11.8 Å². The van der Waals surface area contributed by atoms with Gasteiger partial charge in [0, 0.05) is 4.90 Å². The molecule has 1 saturated carbocycles. The topological polar surface area (TPSA) is 86.2 Å². The molecule has 1 aromatic heterocycles. The molecule has 1 heterocycles. The van der Waals surface area contributed by atoms with E-state index < -0.39 is 5.54 Å². The predicted molar refractivity (Wildman–Crippen MR) is 103 cm³/mol. The molecule has 0 radical (unpaired) electrons. The number of aromatic nitrogens is 3. The van der Waals surface area contributed by atoms with Crippen LogP contribution in [0.4, 0.5) is 5.95 Å². The average Bonchev–Trinajstić information content (AvgIpc) is 3.13. The van der Waals surface area contributed by atoms with Crippen LogP contribution in [-0.4, -0.2) is 39.7 Å². The number of nitrogens with one attached hydrogen (secondary N) is 1. The van der Waals surface area contributed by atoms with Crippen molar-refractivity contribution >= 4 is 23.7 Å². The Balaban J connectivity index is 1.87. The third-order valence-electron chi connectivity index (χ3n) is 4.29. The number of ether oxygens (including phenoxy) is 2. The van der Waals surface area contributed by atoms with Gasteiger partial charge in [-0.2, -0.15) is 15.0 Å². The van der Waals surface area contributed by atoms with E-state index in [4.69, 9.17) is 9.47 Å². The van der Waals surface area contributed by atoms with Crippen molar-refractivity contribution in [1.82, 2.24) is 15.0 Å². The third kappa shape index (κ3) is 4.88. The Morgan fingerprint density at radius 1 is 1.11 bits per heavy atom. The number of esters is 1. The van der Waals surface area contributed by atoms with Crippen LogP contribution in [0.25, 0.3) is 0 Å². The van der Waals surface area contributed by atoms with Crippen LogP contribution in [0.2, 0.25) is 0 Å². The molecule has 0 bridgehead atoms. The Morgan fingerprint density at radius 3 is 2.52 bits per heavy atom. The van der Waals surface area contributed by atoms with Gasteiger partial charge < -0.3 is 14.8 Å². The molecule has 1 N–H and O–H groups in total. The molecular formula is C19H24N4O3S. The predicted octanol–water partition coefficient (Wildman–Crippen LogP) is 3.71. The Morgan fingerprint density at radius 2 is 1.85 bits per heavy atom. The first-order valence-electron chi connectivity index (χ1n) is 9.22. The second kappa shape index (κ2) is 9.03. The number of hydrogen-bond acceptors (Lipinski definition) is 8.